The summed E-state index contributed by atoms with van der Waals surface area (Å²) in [4.78, 5) is 6.47. The predicted octanol–water partition coefficient (Wildman–Crippen LogP) is 3.85. The SMILES string of the molecule is COc1cccc(/C=C/c2nc(C#N)c(N3CCN(S(=O)(=O)c4ccc(C)cc4C)CC3)o2)c1. The van der Waals surface area contributed by atoms with Crippen LogP contribution in [0, 0.1) is 25.2 Å². The molecule has 0 bridgehead atoms. The van der Waals surface area contributed by atoms with E-state index in [0.717, 1.165) is 22.4 Å². The van der Waals surface area contributed by atoms with E-state index in [-0.39, 0.29) is 18.8 Å². The first-order chi connectivity index (χ1) is 16.3. The van der Waals surface area contributed by atoms with E-state index < -0.39 is 10.0 Å². The van der Waals surface area contributed by atoms with E-state index in [2.05, 4.69) is 11.1 Å². The Morgan fingerprint density at radius 2 is 1.85 bits per heavy atom. The number of ether oxygens (including phenoxy) is 1. The second kappa shape index (κ2) is 9.71. The van der Waals surface area contributed by atoms with Gasteiger partial charge < -0.3 is 14.1 Å². The molecule has 1 saturated heterocycles. The zero-order valence-electron chi connectivity index (χ0n) is 19.4. The van der Waals surface area contributed by atoms with Crippen LogP contribution in [0.15, 0.2) is 51.8 Å². The van der Waals surface area contributed by atoms with Crippen LogP contribution >= 0.6 is 0 Å². The van der Waals surface area contributed by atoms with Gasteiger partial charge in [-0.05, 0) is 49.2 Å². The number of hydrogen-bond acceptors (Lipinski definition) is 7. The molecule has 1 fully saturated rings. The van der Waals surface area contributed by atoms with E-state index in [0.29, 0.717) is 29.8 Å². The third kappa shape index (κ3) is 4.83. The molecule has 0 atom stereocenters. The number of nitriles is 1. The monoisotopic (exact) mass is 478 g/mol. The van der Waals surface area contributed by atoms with Gasteiger partial charge in [0.05, 0.1) is 12.0 Å². The molecule has 2 aromatic carbocycles. The summed E-state index contributed by atoms with van der Waals surface area (Å²) in [5.74, 6) is 1.40. The summed E-state index contributed by atoms with van der Waals surface area (Å²) >= 11 is 0. The zero-order chi connectivity index (χ0) is 24.3. The van der Waals surface area contributed by atoms with Crippen molar-refractivity contribution in [3.8, 4) is 11.8 Å². The van der Waals surface area contributed by atoms with Crippen LogP contribution in [0.4, 0.5) is 5.88 Å². The molecule has 0 aliphatic carbocycles. The maximum atomic E-state index is 13.2. The van der Waals surface area contributed by atoms with Crippen molar-refractivity contribution in [3.05, 3.63) is 70.7 Å². The predicted molar refractivity (Wildman–Crippen MR) is 130 cm³/mol. The zero-order valence-corrected chi connectivity index (χ0v) is 20.2. The standard InChI is InChI=1S/C25H26N4O4S/c1-18-7-9-23(19(2)15-18)34(30,31)29-13-11-28(12-14-29)25-22(17-26)27-24(33-25)10-8-20-5-4-6-21(16-20)32-3/h4-10,15-16H,11-14H2,1-3H3/b10-8+. The molecule has 4 rings (SSSR count). The van der Waals surface area contributed by atoms with Gasteiger partial charge in [-0.1, -0.05) is 29.8 Å². The summed E-state index contributed by atoms with van der Waals surface area (Å²) in [6.07, 6.45) is 3.52. The van der Waals surface area contributed by atoms with E-state index in [1.54, 1.807) is 19.3 Å². The van der Waals surface area contributed by atoms with Crippen molar-refractivity contribution in [2.75, 3.05) is 38.2 Å². The number of oxazole rings is 1. The minimum absolute atomic E-state index is 0.177. The van der Waals surface area contributed by atoms with E-state index in [1.807, 2.05) is 61.2 Å². The molecule has 3 aromatic rings. The van der Waals surface area contributed by atoms with Crippen molar-refractivity contribution < 1.29 is 17.6 Å². The Balaban J connectivity index is 1.48. The maximum Gasteiger partial charge on any atom is 0.243 e. The van der Waals surface area contributed by atoms with Gasteiger partial charge in [-0.2, -0.15) is 14.6 Å². The molecule has 0 radical (unpaired) electrons. The smallest absolute Gasteiger partial charge is 0.243 e. The normalized spacial score (nSPS) is 14.9. The maximum absolute atomic E-state index is 13.2. The van der Waals surface area contributed by atoms with Gasteiger partial charge in [-0.15, -0.1) is 0 Å². The number of sulfonamides is 1. The number of rotatable bonds is 6. The third-order valence-electron chi connectivity index (χ3n) is 5.72. The van der Waals surface area contributed by atoms with Gasteiger partial charge in [0.25, 0.3) is 0 Å². The number of methoxy groups -OCH3 is 1. The van der Waals surface area contributed by atoms with E-state index in [9.17, 15) is 13.7 Å². The van der Waals surface area contributed by atoms with E-state index in [1.165, 1.54) is 4.31 Å². The Kier molecular flexibility index (Phi) is 6.72. The lowest BCUT2D eigenvalue weighted by molar-refractivity contribution is 0.373. The minimum Gasteiger partial charge on any atom is -0.497 e. The van der Waals surface area contributed by atoms with Gasteiger partial charge in [-0.25, -0.2) is 8.42 Å². The quantitative estimate of drug-likeness (QED) is 0.530. The summed E-state index contributed by atoms with van der Waals surface area (Å²) < 4.78 is 38.9. The molecule has 1 aliphatic heterocycles. The molecule has 8 nitrogen and oxygen atoms in total. The van der Waals surface area contributed by atoms with Crippen LogP contribution < -0.4 is 9.64 Å². The van der Waals surface area contributed by atoms with Crippen molar-refractivity contribution in [2.45, 2.75) is 18.7 Å². The van der Waals surface area contributed by atoms with Gasteiger partial charge in [0.2, 0.25) is 27.5 Å². The topological polar surface area (TPSA) is 99.7 Å². The fourth-order valence-corrected chi connectivity index (χ4v) is 5.59. The summed E-state index contributed by atoms with van der Waals surface area (Å²) in [5, 5.41) is 9.55. The first-order valence-corrected chi connectivity index (χ1v) is 12.3. The van der Waals surface area contributed by atoms with E-state index in [4.69, 9.17) is 9.15 Å². The molecule has 0 N–H and O–H groups in total. The molecule has 34 heavy (non-hydrogen) atoms. The van der Waals surface area contributed by atoms with Crippen molar-refractivity contribution in [3.63, 3.8) is 0 Å². The number of aromatic nitrogens is 1. The van der Waals surface area contributed by atoms with Crippen molar-refractivity contribution >= 4 is 28.1 Å². The molecule has 1 aliphatic rings. The molecule has 0 saturated carbocycles. The molecule has 1 aromatic heterocycles. The largest absolute Gasteiger partial charge is 0.497 e. The average Bonchev–Trinajstić information content (AvgIpc) is 3.26. The lowest BCUT2D eigenvalue weighted by Crippen LogP contribution is -2.48. The Morgan fingerprint density at radius 3 is 2.53 bits per heavy atom. The molecular weight excluding hydrogens is 452 g/mol. The van der Waals surface area contributed by atoms with Gasteiger partial charge in [0, 0.05) is 32.3 Å². The van der Waals surface area contributed by atoms with E-state index >= 15 is 0 Å². The van der Waals surface area contributed by atoms with Crippen LogP contribution in [0.5, 0.6) is 5.75 Å². The second-order valence-electron chi connectivity index (χ2n) is 8.09. The molecule has 0 unspecified atom stereocenters. The lowest BCUT2D eigenvalue weighted by Gasteiger charge is -2.34. The van der Waals surface area contributed by atoms with Gasteiger partial charge in [0.15, 0.2) is 0 Å². The highest BCUT2D eigenvalue weighted by Gasteiger charge is 2.31. The summed E-state index contributed by atoms with van der Waals surface area (Å²) in [7, 11) is -1.99. The molecule has 9 heteroatoms. The first-order valence-electron chi connectivity index (χ1n) is 10.9. The second-order valence-corrected chi connectivity index (χ2v) is 9.99. The fourth-order valence-electron chi connectivity index (χ4n) is 3.96. The van der Waals surface area contributed by atoms with Crippen LogP contribution in [0.1, 0.15) is 28.3 Å². The number of piperazine rings is 1. The highest BCUT2D eigenvalue weighted by Crippen LogP contribution is 2.27. The van der Waals surface area contributed by atoms with Gasteiger partial charge >= 0.3 is 0 Å². The summed E-state index contributed by atoms with van der Waals surface area (Å²) in [5.41, 5.74) is 2.84. The van der Waals surface area contributed by atoms with Crippen molar-refractivity contribution in [2.24, 2.45) is 0 Å². The molecule has 0 spiro atoms. The molecular formula is C25H26N4O4S. The van der Waals surface area contributed by atoms with Gasteiger partial charge in [-0.3, -0.25) is 0 Å². The first kappa shape index (κ1) is 23.5. The molecule has 2 heterocycles. The number of anilines is 1. The van der Waals surface area contributed by atoms with Crippen LogP contribution in [-0.4, -0.2) is 51.0 Å². The average molecular weight is 479 g/mol. The third-order valence-corrected chi connectivity index (χ3v) is 7.78. The fraction of sp³-hybridized carbons (Fsp3) is 0.280. The van der Waals surface area contributed by atoms with Crippen LogP contribution in [0.3, 0.4) is 0 Å². The van der Waals surface area contributed by atoms with Gasteiger partial charge in [0.1, 0.15) is 11.8 Å². The summed E-state index contributed by atoms with van der Waals surface area (Å²) in [6.45, 7) is 5.11. The Labute approximate surface area is 199 Å². The Morgan fingerprint density at radius 1 is 1.09 bits per heavy atom. The number of benzene rings is 2. The lowest BCUT2D eigenvalue weighted by atomic mass is 10.2. The van der Waals surface area contributed by atoms with Crippen molar-refractivity contribution in [1.29, 1.82) is 5.26 Å². The highest BCUT2D eigenvalue weighted by atomic mass is 32.2. The Hall–Kier alpha value is -3.61. The highest BCUT2D eigenvalue weighted by molar-refractivity contribution is 7.89. The number of aryl methyl sites for hydroxylation is 2. The van der Waals surface area contributed by atoms with Crippen LogP contribution in [0.2, 0.25) is 0 Å². The molecule has 0 amide bonds. The number of nitrogens with zero attached hydrogens (tertiary/aromatic N) is 4. The van der Waals surface area contributed by atoms with Crippen LogP contribution in [-0.2, 0) is 10.0 Å². The summed E-state index contributed by atoms with van der Waals surface area (Å²) in [6, 6.07) is 15.0. The molecule has 176 valence electrons. The Bertz CT molecular complexity index is 1360. The number of hydrogen-bond donors (Lipinski definition) is 0. The minimum atomic E-state index is -3.60. The van der Waals surface area contributed by atoms with Crippen molar-refractivity contribution in [1.82, 2.24) is 9.29 Å². The van der Waals surface area contributed by atoms with Crippen LogP contribution in [0.25, 0.3) is 12.2 Å².